The maximum Gasteiger partial charge on any atom is 0.330 e. The van der Waals surface area contributed by atoms with Gasteiger partial charge in [0.2, 0.25) is 5.91 Å². The Kier molecular flexibility index (Phi) is 5.70. The number of nitrogens with one attached hydrogen (secondary N) is 1. The van der Waals surface area contributed by atoms with Gasteiger partial charge in [0.1, 0.15) is 0 Å². The van der Waals surface area contributed by atoms with Crippen molar-refractivity contribution < 1.29 is 19.4 Å². The molecular formula is C17H21N3O4. The fourth-order valence-corrected chi connectivity index (χ4v) is 2.48. The molecule has 0 aliphatic heterocycles. The Balaban J connectivity index is 2.17. The van der Waals surface area contributed by atoms with Gasteiger partial charge in [0.25, 0.3) is 0 Å². The van der Waals surface area contributed by atoms with Crippen LogP contribution in [0, 0.1) is 13.8 Å². The van der Waals surface area contributed by atoms with E-state index in [1.165, 1.54) is 7.11 Å². The van der Waals surface area contributed by atoms with Crippen LogP contribution in [0.15, 0.2) is 30.3 Å². The largest absolute Gasteiger partial charge is 0.467 e. The first-order chi connectivity index (χ1) is 11.5. The van der Waals surface area contributed by atoms with Gasteiger partial charge in [-0.1, -0.05) is 18.2 Å². The van der Waals surface area contributed by atoms with Crippen molar-refractivity contribution in [3.8, 4) is 5.69 Å². The molecule has 0 radical (unpaired) electrons. The minimum Gasteiger partial charge on any atom is -0.467 e. The van der Waals surface area contributed by atoms with E-state index >= 15 is 0 Å². The highest BCUT2D eigenvalue weighted by atomic mass is 16.5. The third-order valence-corrected chi connectivity index (χ3v) is 3.78. The number of ether oxygens (including phenoxy) is 1. The number of carbonyl (C=O) groups is 2. The van der Waals surface area contributed by atoms with Crippen LogP contribution in [-0.2, 0) is 20.7 Å². The van der Waals surface area contributed by atoms with Gasteiger partial charge in [-0.15, -0.1) is 0 Å². The smallest absolute Gasteiger partial charge is 0.330 e. The summed E-state index contributed by atoms with van der Waals surface area (Å²) in [6.07, 6.45) is 0.0675. The molecule has 0 bridgehead atoms. The van der Waals surface area contributed by atoms with E-state index in [4.69, 9.17) is 0 Å². The minimum atomic E-state index is -1.06. The first-order valence-electron chi connectivity index (χ1n) is 7.56. The van der Waals surface area contributed by atoms with Gasteiger partial charge in [-0.25, -0.2) is 9.48 Å². The summed E-state index contributed by atoms with van der Waals surface area (Å²) in [4.78, 5) is 23.6. The molecule has 0 aliphatic carbocycles. The van der Waals surface area contributed by atoms with E-state index in [0.717, 1.165) is 22.6 Å². The average Bonchev–Trinajstić information content (AvgIpc) is 2.88. The molecule has 0 saturated carbocycles. The second-order valence-electron chi connectivity index (χ2n) is 5.40. The number of aryl methyl sites for hydroxylation is 1. The quantitative estimate of drug-likeness (QED) is 0.759. The Morgan fingerprint density at radius 1 is 1.29 bits per heavy atom. The van der Waals surface area contributed by atoms with Crippen LogP contribution in [0.5, 0.6) is 0 Å². The second kappa shape index (κ2) is 7.74. The Labute approximate surface area is 140 Å². The molecule has 0 spiro atoms. The van der Waals surface area contributed by atoms with E-state index in [1.807, 2.05) is 44.2 Å². The third-order valence-electron chi connectivity index (χ3n) is 3.78. The highest BCUT2D eigenvalue weighted by Crippen LogP contribution is 2.18. The summed E-state index contributed by atoms with van der Waals surface area (Å²) in [5, 5.41) is 16.1. The zero-order chi connectivity index (χ0) is 17.7. The van der Waals surface area contributed by atoms with Crippen LogP contribution in [-0.4, -0.2) is 46.5 Å². The lowest BCUT2D eigenvalue weighted by Crippen LogP contribution is -2.44. The van der Waals surface area contributed by atoms with Gasteiger partial charge in [0.05, 0.1) is 31.5 Å². The molecule has 7 nitrogen and oxygen atoms in total. The van der Waals surface area contributed by atoms with Gasteiger partial charge >= 0.3 is 5.97 Å². The molecule has 1 aromatic carbocycles. The molecule has 1 aromatic heterocycles. The lowest BCUT2D eigenvalue weighted by Gasteiger charge is -2.13. The van der Waals surface area contributed by atoms with Crippen molar-refractivity contribution in [2.24, 2.45) is 0 Å². The molecule has 2 aromatic rings. The maximum atomic E-state index is 12.2. The van der Waals surface area contributed by atoms with Crippen LogP contribution in [0.1, 0.15) is 17.0 Å². The number of para-hydroxylation sites is 1. The van der Waals surface area contributed by atoms with Gasteiger partial charge in [-0.05, 0) is 26.0 Å². The molecule has 2 rings (SSSR count). The number of esters is 1. The first kappa shape index (κ1) is 17.7. The van der Waals surface area contributed by atoms with Crippen molar-refractivity contribution >= 4 is 11.9 Å². The number of carbonyl (C=O) groups excluding carboxylic acids is 2. The number of nitrogens with zero attached hydrogens (tertiary/aromatic N) is 2. The fourth-order valence-electron chi connectivity index (χ4n) is 2.48. The number of aromatic nitrogens is 2. The number of methoxy groups -OCH3 is 1. The van der Waals surface area contributed by atoms with Gasteiger partial charge in [-0.3, -0.25) is 4.79 Å². The Bertz CT molecular complexity index is 725. The summed E-state index contributed by atoms with van der Waals surface area (Å²) >= 11 is 0. The molecule has 0 saturated heterocycles. The number of benzene rings is 1. The predicted molar refractivity (Wildman–Crippen MR) is 87.8 cm³/mol. The van der Waals surface area contributed by atoms with Crippen molar-refractivity contribution in [1.82, 2.24) is 15.1 Å². The standard InChI is InChI=1S/C17H21N3O4/c1-11-14(9-16(22)18-15(10-21)17(23)24-3)12(2)20(19-11)13-7-5-4-6-8-13/h4-8,15,21H,9-10H2,1-3H3,(H,18,22)/t15-/m0/s1. The van der Waals surface area contributed by atoms with Crippen LogP contribution in [0.2, 0.25) is 0 Å². The molecule has 0 aliphatic rings. The molecule has 0 unspecified atom stereocenters. The topological polar surface area (TPSA) is 93.4 Å². The predicted octanol–water partition coefficient (Wildman–Crippen LogP) is 0.682. The molecule has 24 heavy (non-hydrogen) atoms. The first-order valence-corrected chi connectivity index (χ1v) is 7.56. The van der Waals surface area contributed by atoms with Crippen LogP contribution < -0.4 is 5.32 Å². The number of rotatable bonds is 6. The summed E-state index contributed by atoms with van der Waals surface area (Å²) < 4.78 is 6.31. The molecule has 1 atom stereocenters. The molecule has 1 heterocycles. The van der Waals surface area contributed by atoms with Crippen molar-refractivity contribution in [2.45, 2.75) is 26.3 Å². The summed E-state index contributed by atoms with van der Waals surface area (Å²) in [6, 6.07) is 8.56. The van der Waals surface area contributed by atoms with Crippen LogP contribution in [0.4, 0.5) is 0 Å². The highest BCUT2D eigenvalue weighted by molar-refractivity contribution is 5.86. The number of hydrogen-bond acceptors (Lipinski definition) is 5. The van der Waals surface area contributed by atoms with Crippen molar-refractivity contribution in [2.75, 3.05) is 13.7 Å². The van der Waals surface area contributed by atoms with E-state index < -0.39 is 18.6 Å². The number of amides is 1. The van der Waals surface area contributed by atoms with Crippen LogP contribution in [0.25, 0.3) is 5.69 Å². The summed E-state index contributed by atoms with van der Waals surface area (Å²) in [7, 11) is 1.20. The second-order valence-corrected chi connectivity index (χ2v) is 5.40. The van der Waals surface area contributed by atoms with Crippen molar-refractivity contribution in [3.63, 3.8) is 0 Å². The molecular weight excluding hydrogens is 310 g/mol. The lowest BCUT2D eigenvalue weighted by molar-refractivity contribution is -0.146. The van der Waals surface area contributed by atoms with E-state index in [9.17, 15) is 14.7 Å². The Hall–Kier alpha value is -2.67. The minimum absolute atomic E-state index is 0.0675. The summed E-state index contributed by atoms with van der Waals surface area (Å²) in [6.45, 7) is 3.21. The SMILES string of the molecule is COC(=O)[C@H](CO)NC(=O)Cc1c(C)nn(-c2ccccc2)c1C. The number of aliphatic hydroxyl groups excluding tert-OH is 1. The Morgan fingerprint density at radius 2 is 1.96 bits per heavy atom. The van der Waals surface area contributed by atoms with Crippen LogP contribution in [0.3, 0.4) is 0 Å². The average molecular weight is 331 g/mol. The third kappa shape index (κ3) is 3.80. The summed E-state index contributed by atoms with van der Waals surface area (Å²) in [5.41, 5.74) is 3.29. The van der Waals surface area contributed by atoms with E-state index in [0.29, 0.717) is 0 Å². The lowest BCUT2D eigenvalue weighted by atomic mass is 10.1. The van der Waals surface area contributed by atoms with Crippen LogP contribution >= 0.6 is 0 Å². The molecule has 0 fully saturated rings. The maximum absolute atomic E-state index is 12.2. The number of hydrogen-bond donors (Lipinski definition) is 2. The Morgan fingerprint density at radius 3 is 2.54 bits per heavy atom. The van der Waals surface area contributed by atoms with Gasteiger partial charge in [0, 0.05) is 11.3 Å². The highest BCUT2D eigenvalue weighted by Gasteiger charge is 2.22. The van der Waals surface area contributed by atoms with E-state index in [1.54, 1.807) is 4.68 Å². The van der Waals surface area contributed by atoms with E-state index in [-0.39, 0.29) is 12.3 Å². The number of aliphatic hydroxyl groups is 1. The zero-order valence-corrected chi connectivity index (χ0v) is 13.9. The van der Waals surface area contributed by atoms with Crippen molar-refractivity contribution in [1.29, 1.82) is 0 Å². The van der Waals surface area contributed by atoms with Gasteiger partial charge in [-0.2, -0.15) is 5.10 Å². The molecule has 128 valence electrons. The fraction of sp³-hybridized carbons (Fsp3) is 0.353. The monoisotopic (exact) mass is 331 g/mol. The molecule has 7 heteroatoms. The summed E-state index contributed by atoms with van der Waals surface area (Å²) in [5.74, 6) is -1.06. The molecule has 2 N–H and O–H groups in total. The van der Waals surface area contributed by atoms with E-state index in [2.05, 4.69) is 15.2 Å². The normalized spacial score (nSPS) is 11.8. The van der Waals surface area contributed by atoms with Crippen molar-refractivity contribution in [3.05, 3.63) is 47.3 Å². The molecule has 1 amide bonds. The van der Waals surface area contributed by atoms with Gasteiger partial charge < -0.3 is 15.2 Å². The zero-order valence-electron chi connectivity index (χ0n) is 13.9. The van der Waals surface area contributed by atoms with Gasteiger partial charge in [0.15, 0.2) is 6.04 Å².